The van der Waals surface area contributed by atoms with Gasteiger partial charge in [-0.2, -0.15) is 0 Å². The summed E-state index contributed by atoms with van der Waals surface area (Å²) in [5.41, 5.74) is 1.00. The molecule has 0 amide bonds. The van der Waals surface area contributed by atoms with Crippen molar-refractivity contribution in [3.05, 3.63) is 52.5 Å². The Balaban J connectivity index is 2.40. The van der Waals surface area contributed by atoms with E-state index in [1.165, 1.54) is 24.4 Å². The van der Waals surface area contributed by atoms with Crippen LogP contribution in [-0.2, 0) is 10.0 Å². The minimum atomic E-state index is -3.97. The Kier molecular flexibility index (Phi) is 3.86. The van der Waals surface area contributed by atoms with Crippen LogP contribution in [0.1, 0.15) is 5.69 Å². The Hall–Kier alpha value is -1.47. The second-order valence-corrected chi connectivity index (χ2v) is 6.43. The maximum absolute atomic E-state index is 13.6. The molecule has 0 spiro atoms. The molecule has 1 aromatic heterocycles. The van der Waals surface area contributed by atoms with Gasteiger partial charge in [0.1, 0.15) is 10.7 Å². The van der Waals surface area contributed by atoms with Gasteiger partial charge in [0.05, 0.1) is 5.69 Å². The lowest BCUT2D eigenvalue weighted by molar-refractivity contribution is 0.570. The van der Waals surface area contributed by atoms with E-state index in [1.807, 2.05) is 0 Å². The van der Waals surface area contributed by atoms with Crippen molar-refractivity contribution >= 4 is 31.6 Å². The first-order valence-corrected chi connectivity index (χ1v) is 7.56. The Morgan fingerprint density at radius 3 is 2.68 bits per heavy atom. The number of hydrogen-bond acceptors (Lipinski definition) is 3. The van der Waals surface area contributed by atoms with E-state index in [0.717, 1.165) is 6.07 Å². The van der Waals surface area contributed by atoms with E-state index >= 15 is 0 Å². The van der Waals surface area contributed by atoms with Gasteiger partial charge in [-0.3, -0.25) is 9.71 Å². The zero-order chi connectivity index (χ0) is 14.0. The molecule has 0 fully saturated rings. The van der Waals surface area contributed by atoms with Crippen LogP contribution in [0.3, 0.4) is 0 Å². The highest BCUT2D eigenvalue weighted by Gasteiger charge is 2.19. The average molecular weight is 345 g/mol. The quantitative estimate of drug-likeness (QED) is 0.930. The highest BCUT2D eigenvalue weighted by atomic mass is 79.9. The third-order valence-electron chi connectivity index (χ3n) is 2.33. The normalized spacial score (nSPS) is 11.3. The van der Waals surface area contributed by atoms with Gasteiger partial charge in [0, 0.05) is 16.4 Å². The summed E-state index contributed by atoms with van der Waals surface area (Å²) in [5, 5.41) is 0. The molecule has 1 aromatic carbocycles. The van der Waals surface area contributed by atoms with Crippen LogP contribution >= 0.6 is 15.9 Å². The van der Waals surface area contributed by atoms with Gasteiger partial charge in [-0.15, -0.1) is 0 Å². The van der Waals surface area contributed by atoms with Crippen molar-refractivity contribution in [2.75, 3.05) is 4.72 Å². The zero-order valence-corrected chi connectivity index (χ0v) is 12.3. The van der Waals surface area contributed by atoms with E-state index in [1.54, 1.807) is 13.0 Å². The summed E-state index contributed by atoms with van der Waals surface area (Å²) in [5.74, 6) is -0.804. The van der Waals surface area contributed by atoms with Crippen LogP contribution in [-0.4, -0.2) is 13.4 Å². The number of aryl methyl sites for hydroxylation is 1. The Morgan fingerprint density at radius 2 is 2.00 bits per heavy atom. The zero-order valence-electron chi connectivity index (χ0n) is 9.89. The lowest BCUT2D eigenvalue weighted by Gasteiger charge is -2.09. The first-order valence-electron chi connectivity index (χ1n) is 5.29. The fourth-order valence-corrected chi connectivity index (χ4v) is 3.17. The maximum atomic E-state index is 13.6. The number of aromatic nitrogens is 1. The topological polar surface area (TPSA) is 59.1 Å². The number of pyridine rings is 1. The predicted octanol–water partition coefficient (Wildman–Crippen LogP) is 3.09. The fourth-order valence-electron chi connectivity index (χ4n) is 1.50. The Bertz CT molecular complexity index is 719. The van der Waals surface area contributed by atoms with Crippen molar-refractivity contribution in [3.8, 4) is 0 Å². The second kappa shape index (κ2) is 5.26. The number of benzene rings is 1. The smallest absolute Gasteiger partial charge is 0.264 e. The first-order chi connectivity index (χ1) is 8.88. The van der Waals surface area contributed by atoms with Crippen LogP contribution in [0.4, 0.5) is 10.1 Å². The van der Waals surface area contributed by atoms with Crippen molar-refractivity contribution in [1.29, 1.82) is 0 Å². The van der Waals surface area contributed by atoms with Gasteiger partial charge in [-0.25, -0.2) is 12.8 Å². The number of anilines is 1. The lowest BCUT2D eigenvalue weighted by Crippen LogP contribution is -2.14. The molecule has 7 heteroatoms. The molecule has 19 heavy (non-hydrogen) atoms. The molecule has 0 bridgehead atoms. The summed E-state index contributed by atoms with van der Waals surface area (Å²) < 4.78 is 40.6. The van der Waals surface area contributed by atoms with Gasteiger partial charge in [0.15, 0.2) is 0 Å². The molecule has 0 radical (unpaired) electrons. The minimum absolute atomic E-state index is 0.340. The molecular formula is C12H10BrFN2O2S. The van der Waals surface area contributed by atoms with Gasteiger partial charge in [0.25, 0.3) is 10.0 Å². The molecular weight excluding hydrogens is 335 g/mol. The molecule has 0 saturated carbocycles. The average Bonchev–Trinajstić information content (AvgIpc) is 2.31. The Labute approximate surface area is 118 Å². The van der Waals surface area contributed by atoms with Crippen LogP contribution in [0, 0.1) is 12.7 Å². The number of halogens is 2. The highest BCUT2D eigenvalue weighted by Crippen LogP contribution is 2.22. The SMILES string of the molecule is Cc1cc(NS(=O)(=O)c2cc(Br)ccc2F)ccn1. The van der Waals surface area contributed by atoms with Crippen molar-refractivity contribution in [1.82, 2.24) is 4.98 Å². The van der Waals surface area contributed by atoms with Crippen molar-refractivity contribution < 1.29 is 12.8 Å². The number of nitrogens with one attached hydrogen (secondary N) is 1. The molecule has 0 aliphatic heterocycles. The molecule has 2 rings (SSSR count). The van der Waals surface area contributed by atoms with E-state index in [-0.39, 0.29) is 0 Å². The van der Waals surface area contributed by atoms with E-state index < -0.39 is 20.7 Å². The highest BCUT2D eigenvalue weighted by molar-refractivity contribution is 9.10. The van der Waals surface area contributed by atoms with Crippen LogP contribution in [0.15, 0.2) is 45.9 Å². The van der Waals surface area contributed by atoms with Gasteiger partial charge < -0.3 is 0 Å². The number of rotatable bonds is 3. The van der Waals surface area contributed by atoms with E-state index in [9.17, 15) is 12.8 Å². The van der Waals surface area contributed by atoms with E-state index in [2.05, 4.69) is 25.6 Å². The maximum Gasteiger partial charge on any atom is 0.264 e. The van der Waals surface area contributed by atoms with E-state index in [4.69, 9.17) is 0 Å². The monoisotopic (exact) mass is 344 g/mol. The third-order valence-corrected chi connectivity index (χ3v) is 4.22. The summed E-state index contributed by atoms with van der Waals surface area (Å²) in [6.45, 7) is 1.73. The number of hydrogen-bond donors (Lipinski definition) is 1. The van der Waals surface area contributed by atoms with Crippen LogP contribution in [0.5, 0.6) is 0 Å². The van der Waals surface area contributed by atoms with Gasteiger partial charge in [0.2, 0.25) is 0 Å². The summed E-state index contributed by atoms with van der Waals surface area (Å²) >= 11 is 3.12. The molecule has 1 N–H and O–H groups in total. The lowest BCUT2D eigenvalue weighted by atomic mass is 10.3. The molecule has 100 valence electrons. The standard InChI is InChI=1S/C12H10BrFN2O2S/c1-8-6-10(4-5-15-8)16-19(17,18)12-7-9(13)2-3-11(12)14/h2-7H,1H3,(H,15,16). The first kappa shape index (κ1) is 14.0. The Morgan fingerprint density at radius 1 is 1.26 bits per heavy atom. The summed E-state index contributed by atoms with van der Waals surface area (Å²) in [4.78, 5) is 3.55. The number of sulfonamides is 1. The third kappa shape index (κ3) is 3.30. The van der Waals surface area contributed by atoms with Crippen LogP contribution in [0.25, 0.3) is 0 Å². The summed E-state index contributed by atoms with van der Waals surface area (Å²) in [6.07, 6.45) is 1.48. The summed E-state index contributed by atoms with van der Waals surface area (Å²) in [6, 6.07) is 6.81. The molecule has 2 aromatic rings. The molecule has 0 aliphatic rings. The second-order valence-electron chi connectivity index (χ2n) is 3.87. The van der Waals surface area contributed by atoms with Crippen molar-refractivity contribution in [2.24, 2.45) is 0 Å². The van der Waals surface area contributed by atoms with Crippen molar-refractivity contribution in [2.45, 2.75) is 11.8 Å². The molecule has 0 atom stereocenters. The summed E-state index contributed by atoms with van der Waals surface area (Å²) in [7, 11) is -3.97. The predicted molar refractivity (Wildman–Crippen MR) is 73.9 cm³/mol. The van der Waals surface area contributed by atoms with Gasteiger partial charge in [-0.05, 0) is 37.3 Å². The van der Waals surface area contributed by atoms with Crippen LogP contribution in [0.2, 0.25) is 0 Å². The molecule has 0 unspecified atom stereocenters. The molecule has 0 saturated heterocycles. The minimum Gasteiger partial charge on any atom is -0.279 e. The molecule has 4 nitrogen and oxygen atoms in total. The van der Waals surface area contributed by atoms with Crippen LogP contribution < -0.4 is 4.72 Å². The van der Waals surface area contributed by atoms with Gasteiger partial charge in [-0.1, -0.05) is 15.9 Å². The fraction of sp³-hybridized carbons (Fsp3) is 0.0833. The molecule has 0 aliphatic carbocycles. The number of nitrogens with zero attached hydrogens (tertiary/aromatic N) is 1. The van der Waals surface area contributed by atoms with E-state index in [0.29, 0.717) is 15.9 Å². The molecule has 1 heterocycles. The van der Waals surface area contributed by atoms with Crippen molar-refractivity contribution in [3.63, 3.8) is 0 Å². The van der Waals surface area contributed by atoms with Gasteiger partial charge >= 0.3 is 0 Å². The largest absolute Gasteiger partial charge is 0.279 e.